The van der Waals surface area contributed by atoms with Crippen LogP contribution in [0.5, 0.6) is 0 Å². The minimum absolute atomic E-state index is 0.244. The van der Waals surface area contributed by atoms with Gasteiger partial charge in [0.25, 0.3) is 5.91 Å². The molecule has 2 N–H and O–H groups in total. The number of carbonyl (C=O) groups excluding carboxylic acids is 1. The van der Waals surface area contributed by atoms with E-state index in [0.717, 1.165) is 16.8 Å². The molecule has 0 aliphatic carbocycles. The van der Waals surface area contributed by atoms with Crippen LogP contribution >= 0.6 is 23.2 Å². The van der Waals surface area contributed by atoms with E-state index in [4.69, 9.17) is 23.2 Å². The second-order valence-electron chi connectivity index (χ2n) is 5.79. The SMILES string of the molecule is Cc1ccc(C)c(NC(=O)c2ccnc(Nc3ccc(Cl)cc3Cl)n2)c1. The van der Waals surface area contributed by atoms with Crippen molar-refractivity contribution in [2.24, 2.45) is 0 Å². The fourth-order valence-corrected chi connectivity index (χ4v) is 2.77. The van der Waals surface area contributed by atoms with Gasteiger partial charge in [0.05, 0.1) is 10.7 Å². The van der Waals surface area contributed by atoms with Crippen LogP contribution in [-0.2, 0) is 0 Å². The van der Waals surface area contributed by atoms with Gasteiger partial charge in [-0.3, -0.25) is 4.79 Å². The monoisotopic (exact) mass is 386 g/mol. The Morgan fingerprint density at radius 2 is 1.81 bits per heavy atom. The maximum atomic E-state index is 12.5. The van der Waals surface area contributed by atoms with Gasteiger partial charge in [-0.2, -0.15) is 0 Å². The predicted molar refractivity (Wildman–Crippen MR) is 106 cm³/mol. The summed E-state index contributed by atoms with van der Waals surface area (Å²) < 4.78 is 0. The first-order valence-corrected chi connectivity index (χ1v) is 8.62. The molecule has 0 spiro atoms. The van der Waals surface area contributed by atoms with E-state index in [1.807, 2.05) is 32.0 Å². The van der Waals surface area contributed by atoms with Gasteiger partial charge in [-0.05, 0) is 55.3 Å². The molecule has 0 aliphatic heterocycles. The Balaban J connectivity index is 1.80. The quantitative estimate of drug-likeness (QED) is 0.629. The summed E-state index contributed by atoms with van der Waals surface area (Å²) in [6.07, 6.45) is 1.51. The van der Waals surface area contributed by atoms with Crippen LogP contribution in [0.25, 0.3) is 0 Å². The Morgan fingerprint density at radius 1 is 1.00 bits per heavy atom. The van der Waals surface area contributed by atoms with Crippen LogP contribution in [0.2, 0.25) is 10.0 Å². The number of rotatable bonds is 4. The topological polar surface area (TPSA) is 66.9 Å². The highest BCUT2D eigenvalue weighted by Gasteiger charge is 2.11. The highest BCUT2D eigenvalue weighted by molar-refractivity contribution is 6.36. The molecule has 1 amide bonds. The first-order valence-electron chi connectivity index (χ1n) is 7.86. The van der Waals surface area contributed by atoms with Gasteiger partial charge in [0.15, 0.2) is 0 Å². The molecule has 2 aromatic carbocycles. The minimum Gasteiger partial charge on any atom is -0.323 e. The van der Waals surface area contributed by atoms with Gasteiger partial charge in [0, 0.05) is 16.9 Å². The van der Waals surface area contributed by atoms with E-state index in [9.17, 15) is 4.79 Å². The number of carbonyl (C=O) groups is 1. The number of amides is 1. The molecule has 1 aromatic heterocycles. The van der Waals surface area contributed by atoms with Gasteiger partial charge in [-0.15, -0.1) is 0 Å². The molecule has 26 heavy (non-hydrogen) atoms. The standard InChI is InChI=1S/C19H16Cl2N4O/c1-11-3-4-12(2)17(9-11)23-18(26)16-7-8-22-19(25-16)24-15-6-5-13(20)10-14(15)21/h3-10H,1-2H3,(H,23,26)(H,22,24,25). The maximum absolute atomic E-state index is 12.5. The lowest BCUT2D eigenvalue weighted by Gasteiger charge is -2.10. The van der Waals surface area contributed by atoms with Gasteiger partial charge in [0.1, 0.15) is 5.69 Å². The summed E-state index contributed by atoms with van der Waals surface area (Å²) >= 11 is 12.0. The zero-order valence-electron chi connectivity index (χ0n) is 14.2. The summed E-state index contributed by atoms with van der Waals surface area (Å²) in [4.78, 5) is 20.9. The van der Waals surface area contributed by atoms with E-state index < -0.39 is 0 Å². The zero-order chi connectivity index (χ0) is 18.7. The van der Waals surface area contributed by atoms with Crippen LogP contribution < -0.4 is 10.6 Å². The zero-order valence-corrected chi connectivity index (χ0v) is 15.7. The Kier molecular flexibility index (Phi) is 5.40. The van der Waals surface area contributed by atoms with E-state index in [0.29, 0.717) is 15.7 Å². The molecule has 132 valence electrons. The number of aryl methyl sites for hydroxylation is 2. The molecule has 0 saturated carbocycles. The van der Waals surface area contributed by atoms with Crippen molar-refractivity contribution in [2.75, 3.05) is 10.6 Å². The molecule has 1 heterocycles. The first-order chi connectivity index (χ1) is 12.4. The van der Waals surface area contributed by atoms with E-state index in [1.54, 1.807) is 24.3 Å². The molecule has 0 unspecified atom stereocenters. The normalized spacial score (nSPS) is 10.5. The van der Waals surface area contributed by atoms with Gasteiger partial charge in [-0.1, -0.05) is 35.3 Å². The lowest BCUT2D eigenvalue weighted by atomic mass is 10.1. The predicted octanol–water partition coefficient (Wildman–Crippen LogP) is 5.40. The van der Waals surface area contributed by atoms with Crippen molar-refractivity contribution in [2.45, 2.75) is 13.8 Å². The maximum Gasteiger partial charge on any atom is 0.274 e. The van der Waals surface area contributed by atoms with Gasteiger partial charge < -0.3 is 10.6 Å². The number of hydrogen-bond donors (Lipinski definition) is 2. The number of hydrogen-bond acceptors (Lipinski definition) is 4. The lowest BCUT2D eigenvalue weighted by molar-refractivity contribution is 0.102. The number of nitrogens with one attached hydrogen (secondary N) is 2. The second-order valence-corrected chi connectivity index (χ2v) is 6.63. The van der Waals surface area contributed by atoms with Crippen LogP contribution in [0.3, 0.4) is 0 Å². The van der Waals surface area contributed by atoms with Crippen molar-refractivity contribution < 1.29 is 4.79 Å². The van der Waals surface area contributed by atoms with Gasteiger partial charge in [0.2, 0.25) is 5.95 Å². The second kappa shape index (κ2) is 7.72. The molecular weight excluding hydrogens is 371 g/mol. The smallest absolute Gasteiger partial charge is 0.274 e. The Morgan fingerprint density at radius 3 is 2.58 bits per heavy atom. The molecular formula is C19H16Cl2N4O. The minimum atomic E-state index is -0.314. The van der Waals surface area contributed by atoms with Crippen molar-refractivity contribution in [3.63, 3.8) is 0 Å². The molecule has 0 atom stereocenters. The van der Waals surface area contributed by atoms with E-state index in [-0.39, 0.29) is 17.5 Å². The molecule has 0 aliphatic rings. The molecule has 7 heteroatoms. The Hall–Kier alpha value is -2.63. The third-order valence-corrected chi connectivity index (χ3v) is 4.25. The molecule has 3 aromatic rings. The third-order valence-electron chi connectivity index (χ3n) is 3.71. The highest BCUT2D eigenvalue weighted by Crippen LogP contribution is 2.27. The average molecular weight is 387 g/mol. The summed E-state index contributed by atoms with van der Waals surface area (Å²) in [5.41, 5.74) is 3.64. The molecule has 0 saturated heterocycles. The van der Waals surface area contributed by atoms with E-state index >= 15 is 0 Å². The number of nitrogens with zero attached hydrogens (tertiary/aromatic N) is 2. The summed E-state index contributed by atoms with van der Waals surface area (Å²) in [5, 5.41) is 6.83. The van der Waals surface area contributed by atoms with Crippen LogP contribution in [0.15, 0.2) is 48.7 Å². The molecule has 5 nitrogen and oxygen atoms in total. The lowest BCUT2D eigenvalue weighted by Crippen LogP contribution is -2.15. The number of benzene rings is 2. The first kappa shape index (κ1) is 18.2. The van der Waals surface area contributed by atoms with Crippen LogP contribution in [0.1, 0.15) is 21.6 Å². The highest BCUT2D eigenvalue weighted by atomic mass is 35.5. The van der Waals surface area contributed by atoms with Crippen molar-refractivity contribution in [1.29, 1.82) is 0 Å². The average Bonchev–Trinajstić information content (AvgIpc) is 2.61. The summed E-state index contributed by atoms with van der Waals surface area (Å²) in [6.45, 7) is 3.90. The number of aromatic nitrogens is 2. The van der Waals surface area contributed by atoms with Crippen molar-refractivity contribution in [1.82, 2.24) is 9.97 Å². The molecule has 0 fully saturated rings. The summed E-state index contributed by atoms with van der Waals surface area (Å²) in [6, 6.07) is 12.5. The number of anilines is 3. The summed E-state index contributed by atoms with van der Waals surface area (Å²) in [7, 11) is 0. The fourth-order valence-electron chi connectivity index (χ4n) is 2.31. The van der Waals surface area contributed by atoms with Crippen molar-refractivity contribution >= 4 is 46.4 Å². The molecule has 3 rings (SSSR count). The fraction of sp³-hybridized carbons (Fsp3) is 0.105. The number of halogens is 2. The summed E-state index contributed by atoms with van der Waals surface area (Å²) in [5.74, 6) is -0.0470. The molecule has 0 radical (unpaired) electrons. The third kappa shape index (κ3) is 4.31. The van der Waals surface area contributed by atoms with Crippen molar-refractivity contribution in [3.8, 4) is 0 Å². The van der Waals surface area contributed by atoms with E-state index in [1.165, 1.54) is 6.20 Å². The van der Waals surface area contributed by atoms with Crippen LogP contribution in [0.4, 0.5) is 17.3 Å². The van der Waals surface area contributed by atoms with E-state index in [2.05, 4.69) is 20.6 Å². The Labute approximate surface area is 161 Å². The van der Waals surface area contributed by atoms with Gasteiger partial charge in [-0.25, -0.2) is 9.97 Å². The Bertz CT molecular complexity index is 976. The van der Waals surface area contributed by atoms with Crippen LogP contribution in [-0.4, -0.2) is 15.9 Å². The van der Waals surface area contributed by atoms with Crippen molar-refractivity contribution in [3.05, 3.63) is 75.5 Å². The van der Waals surface area contributed by atoms with Gasteiger partial charge >= 0.3 is 0 Å². The molecule has 0 bridgehead atoms. The van der Waals surface area contributed by atoms with Crippen LogP contribution in [0, 0.1) is 13.8 Å². The largest absolute Gasteiger partial charge is 0.323 e.